The molecule has 1 unspecified atom stereocenters. The minimum Gasteiger partial charge on any atom is -0.348 e. The average molecular weight is 450 g/mol. The van der Waals surface area contributed by atoms with Gasteiger partial charge in [-0.3, -0.25) is 9.48 Å². The summed E-state index contributed by atoms with van der Waals surface area (Å²) >= 11 is 0. The number of rotatable bonds is 13. The molecule has 6 heteroatoms. The minimum atomic E-state index is -0.0479. The lowest BCUT2D eigenvalue weighted by Gasteiger charge is -2.26. The second kappa shape index (κ2) is 12.5. The number of pyridine rings is 1. The van der Waals surface area contributed by atoms with Crippen molar-refractivity contribution in [1.29, 1.82) is 0 Å². The summed E-state index contributed by atoms with van der Waals surface area (Å²) in [4.78, 5) is 20.7. The van der Waals surface area contributed by atoms with Crippen molar-refractivity contribution in [1.82, 2.24) is 25.0 Å². The molecule has 0 bridgehead atoms. The number of unbranched alkanes of at least 4 members (excludes halogenated alkanes) is 4. The van der Waals surface area contributed by atoms with E-state index in [-0.39, 0.29) is 11.9 Å². The van der Waals surface area contributed by atoms with Crippen LogP contribution in [0, 0.1) is 0 Å². The molecule has 1 atom stereocenters. The molecule has 0 aliphatic heterocycles. The Kier molecular flexibility index (Phi) is 9.43. The molecule has 2 aromatic heterocycles. The summed E-state index contributed by atoms with van der Waals surface area (Å²) in [6.45, 7) is 9.65. The summed E-state index contributed by atoms with van der Waals surface area (Å²) in [5.74, 6) is -0.0479. The van der Waals surface area contributed by atoms with Crippen molar-refractivity contribution < 1.29 is 4.79 Å². The second-order valence-corrected chi connectivity index (χ2v) is 9.06. The van der Waals surface area contributed by atoms with E-state index in [1.165, 1.54) is 38.5 Å². The maximum absolute atomic E-state index is 13.4. The van der Waals surface area contributed by atoms with Crippen molar-refractivity contribution in [2.45, 2.75) is 65.3 Å². The second-order valence-electron chi connectivity index (χ2n) is 9.06. The van der Waals surface area contributed by atoms with Crippen molar-refractivity contribution >= 4 is 16.8 Å². The lowest BCUT2D eigenvalue weighted by Crippen LogP contribution is -2.42. The number of hydrogen-bond acceptors (Lipinski definition) is 4. The average Bonchev–Trinajstić information content (AvgIpc) is 3.24. The minimum absolute atomic E-state index is 0.0479. The predicted octanol–water partition coefficient (Wildman–Crippen LogP) is 5.44. The Bertz CT molecular complexity index is 1020. The zero-order valence-electron chi connectivity index (χ0n) is 20.7. The van der Waals surface area contributed by atoms with Gasteiger partial charge in [0.2, 0.25) is 0 Å². The normalized spacial score (nSPS) is 12.4. The van der Waals surface area contributed by atoms with Gasteiger partial charge in [0.25, 0.3) is 5.91 Å². The van der Waals surface area contributed by atoms with Crippen LogP contribution in [0.2, 0.25) is 0 Å². The molecule has 3 rings (SSSR count). The number of fused-ring (bicyclic) bond motifs is 1. The lowest BCUT2D eigenvalue weighted by atomic mass is 10.0. The fourth-order valence-electron chi connectivity index (χ4n) is 4.26. The van der Waals surface area contributed by atoms with Gasteiger partial charge in [-0.05, 0) is 45.0 Å². The van der Waals surface area contributed by atoms with Gasteiger partial charge in [0, 0.05) is 36.8 Å². The first-order valence-electron chi connectivity index (χ1n) is 12.4. The van der Waals surface area contributed by atoms with Gasteiger partial charge >= 0.3 is 0 Å². The number of para-hydroxylation sites is 1. The van der Waals surface area contributed by atoms with E-state index in [0.29, 0.717) is 5.56 Å². The molecular weight excluding hydrogens is 410 g/mol. The molecule has 3 aromatic rings. The molecule has 1 aromatic carbocycles. The monoisotopic (exact) mass is 449 g/mol. The zero-order chi connectivity index (χ0) is 23.6. The highest BCUT2D eigenvalue weighted by Gasteiger charge is 2.18. The molecule has 0 saturated carbocycles. The summed E-state index contributed by atoms with van der Waals surface area (Å²) in [6, 6.07) is 9.79. The Balaban J connectivity index is 1.75. The molecule has 0 saturated heterocycles. The lowest BCUT2D eigenvalue weighted by molar-refractivity contribution is 0.0930. The zero-order valence-corrected chi connectivity index (χ0v) is 20.7. The van der Waals surface area contributed by atoms with Crippen LogP contribution in [0.25, 0.3) is 22.2 Å². The first-order valence-corrected chi connectivity index (χ1v) is 12.4. The van der Waals surface area contributed by atoms with E-state index in [9.17, 15) is 4.79 Å². The van der Waals surface area contributed by atoms with Gasteiger partial charge in [0.15, 0.2) is 0 Å². The van der Waals surface area contributed by atoms with E-state index in [1.54, 1.807) is 10.9 Å². The third kappa shape index (κ3) is 7.13. The Morgan fingerprint density at radius 1 is 1.09 bits per heavy atom. The Hall–Kier alpha value is -2.73. The third-order valence-corrected chi connectivity index (χ3v) is 6.03. The van der Waals surface area contributed by atoms with Crippen molar-refractivity contribution in [2.75, 3.05) is 19.6 Å². The molecule has 0 fully saturated rings. The van der Waals surface area contributed by atoms with Gasteiger partial charge in [-0.2, -0.15) is 5.10 Å². The highest BCUT2D eigenvalue weighted by Crippen LogP contribution is 2.24. The third-order valence-electron chi connectivity index (χ3n) is 6.03. The molecule has 0 radical (unpaired) electrons. The van der Waals surface area contributed by atoms with Crippen molar-refractivity contribution in [3.8, 4) is 11.3 Å². The number of carbonyl (C=O) groups excluding carboxylic acids is 1. The number of amides is 1. The highest BCUT2D eigenvalue weighted by atomic mass is 16.1. The molecule has 33 heavy (non-hydrogen) atoms. The SMILES string of the molecule is CCCCCN(CCCCC)CC(C)NC(=O)c1cc(-c2cnn(C)c2)nc2ccccc12. The first kappa shape index (κ1) is 24.9. The number of nitrogens with one attached hydrogen (secondary N) is 1. The van der Waals surface area contributed by atoms with Crippen LogP contribution in [0.15, 0.2) is 42.7 Å². The Labute approximate surface area is 198 Å². The molecule has 0 aliphatic carbocycles. The van der Waals surface area contributed by atoms with Crippen LogP contribution < -0.4 is 5.32 Å². The fraction of sp³-hybridized carbons (Fsp3) is 0.519. The maximum atomic E-state index is 13.4. The predicted molar refractivity (Wildman–Crippen MR) is 136 cm³/mol. The number of benzene rings is 1. The molecule has 0 aliphatic rings. The number of nitrogens with zero attached hydrogens (tertiary/aromatic N) is 4. The maximum Gasteiger partial charge on any atom is 0.252 e. The molecule has 2 heterocycles. The highest BCUT2D eigenvalue weighted by molar-refractivity contribution is 6.07. The summed E-state index contributed by atoms with van der Waals surface area (Å²) in [5, 5.41) is 8.39. The van der Waals surface area contributed by atoms with Crippen molar-refractivity contribution in [2.24, 2.45) is 7.05 Å². The van der Waals surface area contributed by atoms with Gasteiger partial charge in [-0.25, -0.2) is 4.98 Å². The van der Waals surface area contributed by atoms with E-state index >= 15 is 0 Å². The van der Waals surface area contributed by atoms with Gasteiger partial charge in [0.1, 0.15) is 0 Å². The van der Waals surface area contributed by atoms with Gasteiger partial charge in [-0.1, -0.05) is 57.7 Å². The van der Waals surface area contributed by atoms with E-state index < -0.39 is 0 Å². The van der Waals surface area contributed by atoms with Crippen LogP contribution >= 0.6 is 0 Å². The van der Waals surface area contributed by atoms with Gasteiger partial charge in [0.05, 0.1) is 23.0 Å². The van der Waals surface area contributed by atoms with E-state index in [2.05, 4.69) is 36.1 Å². The number of aryl methyl sites for hydroxylation is 1. The summed E-state index contributed by atoms with van der Waals surface area (Å²) in [6.07, 6.45) is 11.1. The molecular formula is C27H39N5O. The van der Waals surface area contributed by atoms with Crippen LogP contribution in [0.5, 0.6) is 0 Å². The number of hydrogen-bond donors (Lipinski definition) is 1. The first-order chi connectivity index (χ1) is 16.0. The Morgan fingerprint density at radius 2 is 1.79 bits per heavy atom. The molecule has 0 spiro atoms. The smallest absolute Gasteiger partial charge is 0.252 e. The fourth-order valence-corrected chi connectivity index (χ4v) is 4.26. The molecule has 178 valence electrons. The summed E-state index contributed by atoms with van der Waals surface area (Å²) < 4.78 is 1.75. The number of carbonyl (C=O) groups is 1. The van der Waals surface area contributed by atoms with Crippen molar-refractivity contribution in [3.63, 3.8) is 0 Å². The van der Waals surface area contributed by atoms with E-state index in [0.717, 1.165) is 41.8 Å². The van der Waals surface area contributed by atoms with Gasteiger partial charge in [-0.15, -0.1) is 0 Å². The van der Waals surface area contributed by atoms with Crippen molar-refractivity contribution in [3.05, 3.63) is 48.3 Å². The van der Waals surface area contributed by atoms with Crippen LogP contribution in [0.1, 0.15) is 69.7 Å². The number of aromatic nitrogens is 3. The van der Waals surface area contributed by atoms with Gasteiger partial charge < -0.3 is 10.2 Å². The molecule has 6 nitrogen and oxygen atoms in total. The van der Waals surface area contributed by atoms with Crippen LogP contribution in [-0.2, 0) is 7.05 Å². The quantitative estimate of drug-likeness (QED) is 0.353. The topological polar surface area (TPSA) is 63.1 Å². The standard InChI is InChI=1S/C27H39N5O/c1-5-7-11-15-32(16-12-8-6-2)19-21(3)29-27(33)24-17-26(22-18-28-31(4)20-22)30-25-14-10-9-13-23(24)25/h9-10,13-14,17-18,20-21H,5-8,11-12,15-16,19H2,1-4H3,(H,29,33). The van der Waals surface area contributed by atoms with Crippen LogP contribution in [-0.4, -0.2) is 51.2 Å². The Morgan fingerprint density at radius 3 is 2.42 bits per heavy atom. The summed E-state index contributed by atoms with van der Waals surface area (Å²) in [7, 11) is 1.88. The van der Waals surface area contributed by atoms with E-state index in [4.69, 9.17) is 4.98 Å². The molecule has 1 amide bonds. The molecule has 1 N–H and O–H groups in total. The van der Waals surface area contributed by atoms with Crippen LogP contribution in [0.4, 0.5) is 0 Å². The summed E-state index contributed by atoms with van der Waals surface area (Å²) in [5.41, 5.74) is 3.15. The van der Waals surface area contributed by atoms with Crippen LogP contribution in [0.3, 0.4) is 0 Å². The largest absolute Gasteiger partial charge is 0.348 e. The van der Waals surface area contributed by atoms with E-state index in [1.807, 2.05) is 43.6 Å².